The number of aromatic nitrogens is 4. The summed E-state index contributed by atoms with van der Waals surface area (Å²) in [4.78, 5) is 28.8. The number of nitrogens with zero attached hydrogens (tertiary/aromatic N) is 6. The van der Waals surface area contributed by atoms with Crippen LogP contribution in [0.25, 0.3) is 0 Å². The van der Waals surface area contributed by atoms with Gasteiger partial charge in [0.2, 0.25) is 0 Å². The summed E-state index contributed by atoms with van der Waals surface area (Å²) >= 11 is 0. The van der Waals surface area contributed by atoms with E-state index in [0.29, 0.717) is 34.9 Å². The third-order valence-electron chi connectivity index (χ3n) is 5.16. The Labute approximate surface area is 195 Å². The Balaban J connectivity index is 1.44. The molecule has 4 rings (SSSR count). The minimum atomic E-state index is -0.467. The molecular formula is C23H24FN7O3. The van der Waals surface area contributed by atoms with Crippen LogP contribution in [0.15, 0.2) is 41.6 Å². The molecule has 0 saturated carbocycles. The van der Waals surface area contributed by atoms with Crippen LogP contribution in [0.1, 0.15) is 45.8 Å². The fourth-order valence-corrected chi connectivity index (χ4v) is 3.35. The summed E-state index contributed by atoms with van der Waals surface area (Å²) in [6.07, 6.45) is 0.0443. The first-order valence-corrected chi connectivity index (χ1v) is 10.5. The van der Waals surface area contributed by atoms with Crippen LogP contribution in [-0.2, 0) is 11.4 Å². The minimum Gasteiger partial charge on any atom is -0.494 e. The van der Waals surface area contributed by atoms with Crippen molar-refractivity contribution in [3.8, 4) is 5.75 Å². The molecule has 1 atom stereocenters. The number of methoxy groups -OCH3 is 1. The van der Waals surface area contributed by atoms with Crippen molar-refractivity contribution >= 4 is 17.4 Å². The largest absolute Gasteiger partial charge is 0.494 e. The summed E-state index contributed by atoms with van der Waals surface area (Å²) in [7, 11) is 5.16. The van der Waals surface area contributed by atoms with E-state index >= 15 is 0 Å². The zero-order valence-electron chi connectivity index (χ0n) is 19.2. The summed E-state index contributed by atoms with van der Waals surface area (Å²) in [6.45, 7) is 1.88. The van der Waals surface area contributed by atoms with Gasteiger partial charge in [0, 0.05) is 27.1 Å². The van der Waals surface area contributed by atoms with E-state index in [9.17, 15) is 9.18 Å². The van der Waals surface area contributed by atoms with E-state index in [1.807, 2.05) is 31.1 Å². The third-order valence-corrected chi connectivity index (χ3v) is 5.16. The maximum absolute atomic E-state index is 13.6. The van der Waals surface area contributed by atoms with Crippen LogP contribution in [0.5, 0.6) is 5.75 Å². The Bertz CT molecular complexity index is 1230. The SMILES string of the molecule is COc1cc(CNC(=O)c2cc(C3=NOC(c4ccc(N(C)C)nn4)C3)nc(C)n2)ccc1F. The van der Waals surface area contributed by atoms with Crippen molar-refractivity contribution in [3.63, 3.8) is 0 Å². The topological polar surface area (TPSA) is 115 Å². The number of amides is 1. The lowest BCUT2D eigenvalue weighted by Crippen LogP contribution is -2.25. The fraction of sp³-hybridized carbons (Fsp3) is 0.304. The number of aryl methyl sites for hydroxylation is 1. The van der Waals surface area contributed by atoms with Gasteiger partial charge in [0.25, 0.3) is 5.91 Å². The van der Waals surface area contributed by atoms with E-state index < -0.39 is 11.7 Å². The highest BCUT2D eigenvalue weighted by Gasteiger charge is 2.27. The number of carbonyl (C=O) groups is 1. The lowest BCUT2D eigenvalue weighted by atomic mass is 10.1. The van der Waals surface area contributed by atoms with Gasteiger partial charge in [-0.1, -0.05) is 11.2 Å². The Morgan fingerprint density at radius 1 is 1.21 bits per heavy atom. The van der Waals surface area contributed by atoms with E-state index in [1.165, 1.54) is 19.2 Å². The minimum absolute atomic E-state index is 0.113. The second-order valence-corrected chi connectivity index (χ2v) is 7.88. The van der Waals surface area contributed by atoms with Crippen molar-refractivity contribution in [2.45, 2.75) is 26.0 Å². The third kappa shape index (κ3) is 5.08. The van der Waals surface area contributed by atoms with E-state index in [1.54, 1.807) is 19.1 Å². The van der Waals surface area contributed by atoms with E-state index in [-0.39, 0.29) is 24.1 Å². The second-order valence-electron chi connectivity index (χ2n) is 7.88. The lowest BCUT2D eigenvalue weighted by Gasteiger charge is -2.11. The molecular weight excluding hydrogens is 441 g/mol. The number of oxime groups is 1. The predicted molar refractivity (Wildman–Crippen MR) is 122 cm³/mol. The number of benzene rings is 1. The van der Waals surface area contributed by atoms with Crippen LogP contribution in [0.2, 0.25) is 0 Å². The van der Waals surface area contributed by atoms with Gasteiger partial charge in [-0.05, 0) is 42.8 Å². The number of hydrogen-bond donors (Lipinski definition) is 1. The van der Waals surface area contributed by atoms with Crippen LogP contribution in [0.3, 0.4) is 0 Å². The van der Waals surface area contributed by atoms with Gasteiger partial charge in [0.1, 0.15) is 22.9 Å². The molecule has 0 fully saturated rings. The molecule has 0 saturated heterocycles. The molecule has 0 bridgehead atoms. The highest BCUT2D eigenvalue weighted by molar-refractivity contribution is 6.02. The molecule has 0 spiro atoms. The monoisotopic (exact) mass is 465 g/mol. The second kappa shape index (κ2) is 9.77. The molecule has 1 unspecified atom stereocenters. The van der Waals surface area contributed by atoms with Crippen molar-refractivity contribution < 1.29 is 18.8 Å². The standard InChI is InChI=1S/C23H24FN7O3/c1-13-26-17(18-11-21(34-30-18)16-7-8-22(29-28-16)31(2)3)10-19(27-13)23(32)25-12-14-5-6-15(24)20(9-14)33-4/h5-10,21H,11-12H2,1-4H3,(H,25,32). The quantitative estimate of drug-likeness (QED) is 0.566. The van der Waals surface area contributed by atoms with E-state index in [0.717, 1.165) is 5.82 Å². The highest BCUT2D eigenvalue weighted by atomic mass is 19.1. The zero-order valence-corrected chi connectivity index (χ0v) is 19.2. The van der Waals surface area contributed by atoms with Crippen LogP contribution in [0.4, 0.5) is 10.2 Å². The summed E-state index contributed by atoms with van der Waals surface area (Å²) in [5, 5.41) is 15.3. The van der Waals surface area contributed by atoms with Gasteiger partial charge in [0.15, 0.2) is 23.5 Å². The molecule has 0 radical (unpaired) electrons. The number of ether oxygens (including phenoxy) is 1. The number of hydrogen-bond acceptors (Lipinski definition) is 9. The smallest absolute Gasteiger partial charge is 0.270 e. The molecule has 3 heterocycles. The van der Waals surface area contributed by atoms with Crippen LogP contribution in [-0.4, -0.2) is 53.0 Å². The predicted octanol–water partition coefficient (Wildman–Crippen LogP) is 2.58. The Morgan fingerprint density at radius 3 is 2.74 bits per heavy atom. The van der Waals surface area contributed by atoms with Gasteiger partial charge in [-0.3, -0.25) is 4.79 Å². The van der Waals surface area contributed by atoms with Gasteiger partial charge in [-0.2, -0.15) is 0 Å². The maximum atomic E-state index is 13.6. The number of rotatable bonds is 7. The molecule has 2 aromatic heterocycles. The number of halogens is 1. The lowest BCUT2D eigenvalue weighted by molar-refractivity contribution is 0.0819. The average molecular weight is 465 g/mol. The van der Waals surface area contributed by atoms with E-state index in [4.69, 9.17) is 9.57 Å². The summed E-state index contributed by atoms with van der Waals surface area (Å²) in [5.74, 6) is 0.417. The molecule has 3 aromatic rings. The van der Waals surface area contributed by atoms with Crippen LogP contribution < -0.4 is 15.0 Å². The van der Waals surface area contributed by atoms with Crippen LogP contribution >= 0.6 is 0 Å². The van der Waals surface area contributed by atoms with Crippen molar-refractivity contribution in [2.24, 2.45) is 5.16 Å². The first-order valence-electron chi connectivity index (χ1n) is 10.5. The molecule has 176 valence electrons. The number of nitrogens with one attached hydrogen (secondary N) is 1. The Hall–Kier alpha value is -4.15. The van der Waals surface area contributed by atoms with Gasteiger partial charge in [0.05, 0.1) is 12.8 Å². The summed E-state index contributed by atoms with van der Waals surface area (Å²) < 4.78 is 18.6. The van der Waals surface area contributed by atoms with Crippen molar-refractivity contribution in [1.29, 1.82) is 0 Å². The van der Waals surface area contributed by atoms with Gasteiger partial charge in [-0.15, -0.1) is 10.2 Å². The first-order chi connectivity index (χ1) is 16.3. The van der Waals surface area contributed by atoms with Crippen molar-refractivity contribution in [2.75, 3.05) is 26.1 Å². The Morgan fingerprint density at radius 2 is 2.03 bits per heavy atom. The van der Waals surface area contributed by atoms with Crippen molar-refractivity contribution in [1.82, 2.24) is 25.5 Å². The zero-order chi connectivity index (χ0) is 24.2. The van der Waals surface area contributed by atoms with Gasteiger partial charge < -0.3 is 19.8 Å². The normalized spacial score (nSPS) is 14.9. The summed E-state index contributed by atoms with van der Waals surface area (Å²) in [6, 6.07) is 9.68. The van der Waals surface area contributed by atoms with Crippen LogP contribution in [0, 0.1) is 12.7 Å². The van der Waals surface area contributed by atoms with Gasteiger partial charge >= 0.3 is 0 Å². The number of anilines is 1. The molecule has 1 N–H and O–H groups in total. The first kappa shape index (κ1) is 23.0. The summed E-state index contributed by atoms with van der Waals surface area (Å²) in [5.41, 5.74) is 2.63. The van der Waals surface area contributed by atoms with Gasteiger partial charge in [-0.25, -0.2) is 14.4 Å². The Kier molecular flexibility index (Phi) is 6.62. The molecule has 10 nitrogen and oxygen atoms in total. The molecule has 11 heteroatoms. The molecule has 1 aromatic carbocycles. The average Bonchev–Trinajstić information content (AvgIpc) is 3.33. The molecule has 34 heavy (non-hydrogen) atoms. The molecule has 1 aliphatic rings. The molecule has 1 aliphatic heterocycles. The van der Waals surface area contributed by atoms with Crippen molar-refractivity contribution in [3.05, 3.63) is 70.7 Å². The molecule has 1 amide bonds. The highest BCUT2D eigenvalue weighted by Crippen LogP contribution is 2.28. The maximum Gasteiger partial charge on any atom is 0.270 e. The fourth-order valence-electron chi connectivity index (χ4n) is 3.35. The number of carbonyl (C=O) groups excluding carboxylic acids is 1. The van der Waals surface area contributed by atoms with E-state index in [2.05, 4.69) is 30.6 Å². The molecule has 0 aliphatic carbocycles.